The number of carbonyl (C=O) groups excluding carboxylic acids is 5. The molecule has 6 aromatic rings. The minimum absolute atomic E-state index is 0.0218. The van der Waals surface area contributed by atoms with Gasteiger partial charge in [-0.2, -0.15) is 9.97 Å². The van der Waals surface area contributed by atoms with Gasteiger partial charge in [-0.25, -0.2) is 4.79 Å². The van der Waals surface area contributed by atoms with Gasteiger partial charge < -0.3 is 42.1 Å². The molecule has 5 heterocycles. The number of anilines is 2. The van der Waals surface area contributed by atoms with Crippen LogP contribution in [0, 0.1) is 0 Å². The number of nitrogens with zero attached hydrogens (tertiary/aromatic N) is 5. The number of carboxylic acids is 1. The lowest BCUT2D eigenvalue weighted by atomic mass is 9.90. The van der Waals surface area contributed by atoms with Crippen LogP contribution in [0.2, 0.25) is 0 Å². The van der Waals surface area contributed by atoms with E-state index in [-0.39, 0.29) is 69.7 Å². The van der Waals surface area contributed by atoms with Gasteiger partial charge in [0.05, 0.1) is 11.4 Å². The van der Waals surface area contributed by atoms with Crippen molar-refractivity contribution in [1.82, 2.24) is 55.9 Å². The van der Waals surface area contributed by atoms with Crippen molar-refractivity contribution in [3.63, 3.8) is 0 Å². The number of carboxylic acid groups (broad SMARTS) is 1. The molecule has 1 atom stereocenters. The summed E-state index contributed by atoms with van der Waals surface area (Å²) in [5.41, 5.74) is 17.8. The standard InChI is InChI=1S/C23H25N7O3.C21H24N2O2.C3H4N4O2/c24-22-27-19(28-29-22)21(33)30-9-5-13(11-30)25-20(32)12-3-4-15-14(10-12)17-18(26-15)16(31)2-1-6-23(17)7-8-23;24-17-6-3-9-21(10-11-21)18-15-12-13(7-8-16(15)23-19(17)18)20(25)22-14-4-1-2-5-14;4-3-5-1(2(8)9)6-7-3/h3-4,10,13,26H,1-2,5-9,11H2,(H,25,32)(H3,24,27,28,29);7-8,12,14,23H,1-6,9-11H2,(H,22,25);(H,8,9)(H3,4,5,6,7). The highest BCUT2D eigenvalue weighted by Gasteiger charge is 2.50. The molecule has 12 rings (SSSR count). The normalized spacial score (nSPS) is 20.0. The number of rotatable bonds is 6. The van der Waals surface area contributed by atoms with E-state index >= 15 is 0 Å². The van der Waals surface area contributed by atoms with Crippen LogP contribution in [0.15, 0.2) is 36.4 Å². The Morgan fingerprint density at radius 1 is 0.657 bits per heavy atom. The number of nitrogens with one attached hydrogen (secondary N) is 6. The van der Waals surface area contributed by atoms with Crippen molar-refractivity contribution >= 4 is 69.0 Å². The van der Waals surface area contributed by atoms with Gasteiger partial charge >= 0.3 is 5.97 Å². The van der Waals surface area contributed by atoms with E-state index in [9.17, 15) is 28.8 Å². The van der Waals surface area contributed by atoms with Crippen LogP contribution in [0.5, 0.6) is 0 Å². The molecule has 4 fully saturated rings. The number of likely N-dealkylation sites (tertiary alicyclic amines) is 1. The summed E-state index contributed by atoms with van der Waals surface area (Å²) in [6.07, 6.45) is 15.0. The van der Waals surface area contributed by atoms with Crippen molar-refractivity contribution in [2.45, 2.75) is 119 Å². The second kappa shape index (κ2) is 17.1. The van der Waals surface area contributed by atoms with Crippen LogP contribution in [0.1, 0.15) is 170 Å². The second-order valence-corrected chi connectivity index (χ2v) is 18.9. The summed E-state index contributed by atoms with van der Waals surface area (Å²) in [5, 5.41) is 28.1. The molecule has 20 heteroatoms. The minimum Gasteiger partial charge on any atom is -0.475 e. The maximum Gasteiger partial charge on any atom is 0.373 e. The highest BCUT2D eigenvalue weighted by atomic mass is 16.4. The molecule has 6 aliphatic rings. The predicted octanol–water partition coefficient (Wildman–Crippen LogP) is 5.23. The zero-order valence-corrected chi connectivity index (χ0v) is 36.9. The molecule has 348 valence electrons. The van der Waals surface area contributed by atoms with E-state index in [2.05, 4.69) is 51.0 Å². The molecular formula is C47H53N13O7. The van der Waals surface area contributed by atoms with Crippen LogP contribution in [0.4, 0.5) is 11.9 Å². The molecule has 2 spiro atoms. The number of carbonyl (C=O) groups is 6. The monoisotopic (exact) mass is 911 g/mol. The predicted molar refractivity (Wildman–Crippen MR) is 245 cm³/mol. The quantitative estimate of drug-likeness (QED) is 0.103. The minimum atomic E-state index is -1.17. The van der Waals surface area contributed by atoms with Gasteiger partial charge in [0.1, 0.15) is 0 Å². The van der Waals surface area contributed by atoms with Gasteiger partial charge in [-0.1, -0.05) is 12.8 Å². The third-order valence-corrected chi connectivity index (χ3v) is 14.5. The fraction of sp³-hybridized carbons (Fsp3) is 0.447. The first-order valence-electron chi connectivity index (χ1n) is 23.2. The summed E-state index contributed by atoms with van der Waals surface area (Å²) in [7, 11) is 0. The summed E-state index contributed by atoms with van der Waals surface area (Å²) >= 11 is 0. The smallest absolute Gasteiger partial charge is 0.373 e. The molecule has 1 saturated heterocycles. The Labute approximate surface area is 383 Å². The SMILES string of the molecule is Nc1n[nH]c(C(=O)N2CCC(NC(=O)c3ccc4[nH]c5c(c4c3)C3(CCCC5=O)CC3)C2)n1.Nc1n[nH]c(C(=O)O)n1.O=C(NC1CCCC1)c1ccc2[nH]c3c(c2c1)C1(CCCC3=O)CC1. The first kappa shape index (κ1) is 43.5. The van der Waals surface area contributed by atoms with Gasteiger partial charge in [0, 0.05) is 70.9 Å². The van der Waals surface area contributed by atoms with Crippen molar-refractivity contribution in [2.75, 3.05) is 24.6 Å². The summed E-state index contributed by atoms with van der Waals surface area (Å²) in [4.78, 5) is 89.0. The fourth-order valence-electron chi connectivity index (χ4n) is 10.7. The molecule has 67 heavy (non-hydrogen) atoms. The zero-order valence-electron chi connectivity index (χ0n) is 36.9. The average molecular weight is 912 g/mol. The fourth-order valence-corrected chi connectivity index (χ4v) is 10.7. The Kier molecular flexibility index (Phi) is 11.1. The Morgan fingerprint density at radius 2 is 1.15 bits per heavy atom. The Morgan fingerprint density at radius 3 is 1.60 bits per heavy atom. The zero-order chi connectivity index (χ0) is 46.6. The second-order valence-electron chi connectivity index (χ2n) is 18.9. The lowest BCUT2D eigenvalue weighted by Crippen LogP contribution is -2.38. The van der Waals surface area contributed by atoms with Gasteiger partial charge in [0.2, 0.25) is 23.5 Å². The van der Waals surface area contributed by atoms with Crippen LogP contribution < -0.4 is 22.1 Å². The van der Waals surface area contributed by atoms with E-state index in [0.29, 0.717) is 49.5 Å². The van der Waals surface area contributed by atoms with Crippen molar-refractivity contribution < 1.29 is 33.9 Å². The number of fused-ring (bicyclic) bond motifs is 8. The van der Waals surface area contributed by atoms with Gasteiger partial charge in [-0.3, -0.25) is 34.2 Å². The average Bonchev–Trinajstić information content (AvgIpc) is 3.75. The topological polar surface area (TPSA) is 317 Å². The lowest BCUT2D eigenvalue weighted by Gasteiger charge is -2.16. The molecule has 11 N–H and O–H groups in total. The van der Waals surface area contributed by atoms with Crippen LogP contribution in [-0.4, -0.2) is 111 Å². The van der Waals surface area contributed by atoms with Gasteiger partial charge in [-0.05, 0) is 129 Å². The molecular weight excluding hydrogens is 859 g/mol. The molecule has 1 unspecified atom stereocenters. The maximum atomic E-state index is 13.1. The van der Waals surface area contributed by atoms with Gasteiger partial charge in [-0.15, -0.1) is 10.2 Å². The number of ketones is 2. The highest BCUT2D eigenvalue weighted by Crippen LogP contribution is 2.57. The molecule has 2 aromatic carbocycles. The van der Waals surface area contributed by atoms with E-state index in [0.717, 1.165) is 90.1 Å². The molecule has 1 aliphatic heterocycles. The van der Waals surface area contributed by atoms with Crippen molar-refractivity contribution in [2.24, 2.45) is 0 Å². The number of benzene rings is 2. The first-order chi connectivity index (χ1) is 32.3. The van der Waals surface area contributed by atoms with Crippen molar-refractivity contribution in [3.05, 3.63) is 81.7 Å². The third kappa shape index (κ3) is 8.51. The van der Waals surface area contributed by atoms with E-state index in [1.165, 1.54) is 31.2 Å². The molecule has 3 amide bonds. The number of aromatic amines is 4. The molecule has 4 aromatic heterocycles. The van der Waals surface area contributed by atoms with Crippen LogP contribution >= 0.6 is 0 Å². The molecule has 0 radical (unpaired) electrons. The first-order valence-corrected chi connectivity index (χ1v) is 23.2. The Hall–Kier alpha value is -7.38. The Balaban J connectivity index is 0.000000136. The number of aromatic carboxylic acids is 1. The number of hydrogen-bond donors (Lipinski definition) is 9. The number of H-pyrrole nitrogens is 4. The van der Waals surface area contributed by atoms with E-state index < -0.39 is 5.97 Å². The van der Waals surface area contributed by atoms with Crippen molar-refractivity contribution in [1.29, 1.82) is 0 Å². The summed E-state index contributed by atoms with van der Waals surface area (Å²) in [5.74, 6) is -1.40. The molecule has 0 bridgehead atoms. The van der Waals surface area contributed by atoms with Crippen LogP contribution in [0.3, 0.4) is 0 Å². The van der Waals surface area contributed by atoms with Gasteiger partial charge in [0.15, 0.2) is 11.6 Å². The summed E-state index contributed by atoms with van der Waals surface area (Å²) < 4.78 is 0. The number of aromatic nitrogens is 8. The van der Waals surface area contributed by atoms with Crippen molar-refractivity contribution in [3.8, 4) is 0 Å². The van der Waals surface area contributed by atoms with E-state index in [4.69, 9.17) is 16.6 Å². The largest absolute Gasteiger partial charge is 0.475 e. The summed E-state index contributed by atoms with van der Waals surface area (Å²) in [6, 6.07) is 11.6. The molecule has 20 nitrogen and oxygen atoms in total. The van der Waals surface area contributed by atoms with Gasteiger partial charge in [0.25, 0.3) is 17.7 Å². The third-order valence-electron chi connectivity index (χ3n) is 14.5. The highest BCUT2D eigenvalue weighted by molar-refractivity contribution is 6.07. The number of nitrogen functional groups attached to an aromatic ring is 2. The number of hydrogen-bond acceptors (Lipinski definition) is 12. The molecule has 5 aliphatic carbocycles. The number of nitrogens with two attached hydrogens (primary N) is 2. The number of Topliss-reactive ketones (excluding diaryl/α,β-unsaturated/α-hetero) is 2. The molecule has 3 saturated carbocycles. The Bertz CT molecular complexity index is 2960. The van der Waals surface area contributed by atoms with Crippen LogP contribution in [0.25, 0.3) is 21.8 Å². The van der Waals surface area contributed by atoms with Crippen LogP contribution in [-0.2, 0) is 10.8 Å². The van der Waals surface area contributed by atoms with E-state index in [1.54, 1.807) is 11.0 Å². The van der Waals surface area contributed by atoms with E-state index in [1.807, 2.05) is 30.3 Å². The number of amides is 3. The lowest BCUT2D eigenvalue weighted by molar-refractivity contribution is 0.0682. The maximum absolute atomic E-state index is 13.1. The summed E-state index contributed by atoms with van der Waals surface area (Å²) in [6.45, 7) is 0.907.